The van der Waals surface area contributed by atoms with E-state index in [0.717, 1.165) is 0 Å². The molecule has 0 fully saturated rings. The molecule has 0 bridgehead atoms. The maximum atomic E-state index is 10.7. The van der Waals surface area contributed by atoms with Gasteiger partial charge in [-0.15, -0.1) is 0 Å². The number of rotatable bonds is 3. The van der Waals surface area contributed by atoms with Crippen LogP contribution in [0.15, 0.2) is 40.8 Å². The van der Waals surface area contributed by atoms with Crippen molar-refractivity contribution in [3.8, 4) is 11.3 Å². The van der Waals surface area contributed by atoms with Crippen molar-refractivity contribution in [1.82, 2.24) is 4.90 Å². The first-order valence-corrected chi connectivity index (χ1v) is 5.96. The van der Waals surface area contributed by atoms with Gasteiger partial charge in [0.1, 0.15) is 10.7 Å². The highest BCUT2D eigenvalue weighted by Crippen LogP contribution is 2.26. The first-order chi connectivity index (χ1) is 8.99. The molecule has 0 saturated carbocycles. The molecule has 98 valence electrons. The Kier molecular flexibility index (Phi) is 3.62. The summed E-state index contributed by atoms with van der Waals surface area (Å²) in [5.74, 6) is 1.13. The Bertz CT molecular complexity index is 634. The van der Waals surface area contributed by atoms with Gasteiger partial charge in [-0.25, -0.2) is 0 Å². The molecule has 6 heteroatoms. The fourth-order valence-corrected chi connectivity index (χ4v) is 1.71. The predicted molar refractivity (Wildman–Crippen MR) is 76.2 cm³/mol. The van der Waals surface area contributed by atoms with Crippen LogP contribution < -0.4 is 0 Å². The summed E-state index contributed by atoms with van der Waals surface area (Å²) < 4.78 is 5.62. The summed E-state index contributed by atoms with van der Waals surface area (Å²) in [5, 5.41) is 10.7. The Labute approximate surface area is 115 Å². The van der Waals surface area contributed by atoms with Crippen LogP contribution in [0.2, 0.25) is 0 Å². The molecule has 1 aromatic heterocycles. The van der Waals surface area contributed by atoms with Gasteiger partial charge in [-0.05, 0) is 12.1 Å². The summed E-state index contributed by atoms with van der Waals surface area (Å²) >= 11 is 5.20. The maximum Gasteiger partial charge on any atom is 0.270 e. The number of furan rings is 1. The highest BCUT2D eigenvalue weighted by molar-refractivity contribution is 7.80. The fraction of sp³-hybridized carbons (Fsp3) is 0.154. The van der Waals surface area contributed by atoms with Gasteiger partial charge in [0, 0.05) is 31.8 Å². The molecule has 19 heavy (non-hydrogen) atoms. The van der Waals surface area contributed by atoms with E-state index in [9.17, 15) is 10.1 Å². The third-order valence-electron chi connectivity index (χ3n) is 2.56. The standard InChI is InChI=1S/C13H12N2O3S/c1-14(2)13(19)12-7-6-11(18-12)9-4-3-5-10(8-9)15(16)17/h3-8H,1-2H3. The van der Waals surface area contributed by atoms with Crippen LogP contribution in [-0.2, 0) is 0 Å². The molecular formula is C13H12N2O3S. The van der Waals surface area contributed by atoms with Crippen molar-refractivity contribution in [1.29, 1.82) is 0 Å². The number of nitro benzene ring substituents is 1. The second-order valence-corrected chi connectivity index (χ2v) is 4.56. The van der Waals surface area contributed by atoms with Gasteiger partial charge in [0.2, 0.25) is 0 Å². The summed E-state index contributed by atoms with van der Waals surface area (Å²) in [5.41, 5.74) is 0.688. The van der Waals surface area contributed by atoms with Gasteiger partial charge in [0.15, 0.2) is 5.76 Å². The van der Waals surface area contributed by atoms with E-state index in [0.29, 0.717) is 22.1 Å². The van der Waals surface area contributed by atoms with Crippen LogP contribution in [0, 0.1) is 10.1 Å². The highest BCUT2D eigenvalue weighted by atomic mass is 32.1. The van der Waals surface area contributed by atoms with Crippen LogP contribution in [0.1, 0.15) is 5.76 Å². The normalized spacial score (nSPS) is 10.2. The quantitative estimate of drug-likeness (QED) is 0.490. The van der Waals surface area contributed by atoms with E-state index in [1.807, 2.05) is 14.1 Å². The lowest BCUT2D eigenvalue weighted by atomic mass is 10.1. The zero-order valence-electron chi connectivity index (χ0n) is 10.5. The molecule has 5 nitrogen and oxygen atoms in total. The van der Waals surface area contributed by atoms with Crippen LogP contribution >= 0.6 is 12.2 Å². The Morgan fingerprint density at radius 3 is 2.68 bits per heavy atom. The minimum atomic E-state index is -0.433. The first kappa shape index (κ1) is 13.2. The van der Waals surface area contributed by atoms with Crippen LogP contribution in [0.4, 0.5) is 5.69 Å². The van der Waals surface area contributed by atoms with Crippen LogP contribution in [-0.4, -0.2) is 28.9 Å². The van der Waals surface area contributed by atoms with Crippen molar-refractivity contribution >= 4 is 22.9 Å². The Hall–Kier alpha value is -2.21. The van der Waals surface area contributed by atoms with Crippen molar-refractivity contribution in [3.05, 3.63) is 52.3 Å². The molecule has 2 rings (SSSR count). The van der Waals surface area contributed by atoms with E-state index in [1.54, 1.807) is 29.2 Å². The molecule has 1 heterocycles. The summed E-state index contributed by atoms with van der Waals surface area (Å²) in [6.45, 7) is 0. The smallest absolute Gasteiger partial charge is 0.270 e. The van der Waals surface area contributed by atoms with Crippen molar-refractivity contribution in [2.24, 2.45) is 0 Å². The first-order valence-electron chi connectivity index (χ1n) is 5.55. The summed E-state index contributed by atoms with van der Waals surface area (Å²) in [6.07, 6.45) is 0. The second kappa shape index (κ2) is 5.19. The highest BCUT2D eigenvalue weighted by Gasteiger charge is 2.12. The molecule has 0 radical (unpaired) electrons. The van der Waals surface area contributed by atoms with Gasteiger partial charge in [-0.1, -0.05) is 24.4 Å². The monoisotopic (exact) mass is 276 g/mol. The molecule has 0 aliphatic rings. The SMILES string of the molecule is CN(C)C(=S)c1ccc(-c2cccc([N+](=O)[O-])c2)o1. The topological polar surface area (TPSA) is 59.5 Å². The zero-order valence-corrected chi connectivity index (χ0v) is 11.3. The lowest BCUT2D eigenvalue weighted by Crippen LogP contribution is -2.19. The average molecular weight is 276 g/mol. The lowest BCUT2D eigenvalue weighted by molar-refractivity contribution is -0.384. The van der Waals surface area contributed by atoms with Crippen LogP contribution in [0.5, 0.6) is 0 Å². The zero-order chi connectivity index (χ0) is 14.0. The van der Waals surface area contributed by atoms with E-state index < -0.39 is 4.92 Å². The third-order valence-corrected chi connectivity index (χ3v) is 3.13. The molecule has 0 unspecified atom stereocenters. The van der Waals surface area contributed by atoms with Gasteiger partial charge in [-0.2, -0.15) is 0 Å². The minimum Gasteiger partial charge on any atom is -0.454 e. The number of non-ortho nitro benzene ring substituents is 1. The van der Waals surface area contributed by atoms with E-state index in [-0.39, 0.29) is 5.69 Å². The molecular weight excluding hydrogens is 264 g/mol. The number of thiocarbonyl (C=S) groups is 1. The number of nitro groups is 1. The van der Waals surface area contributed by atoms with Crippen molar-refractivity contribution < 1.29 is 9.34 Å². The molecule has 0 spiro atoms. The average Bonchev–Trinajstić information content (AvgIpc) is 2.87. The van der Waals surface area contributed by atoms with Gasteiger partial charge in [-0.3, -0.25) is 10.1 Å². The number of nitrogens with zero attached hydrogens (tertiary/aromatic N) is 2. The Balaban J connectivity index is 2.35. The number of benzene rings is 1. The minimum absolute atomic E-state index is 0.0330. The number of hydrogen-bond donors (Lipinski definition) is 0. The van der Waals surface area contributed by atoms with Crippen molar-refractivity contribution in [2.75, 3.05) is 14.1 Å². The number of hydrogen-bond acceptors (Lipinski definition) is 4. The van der Waals surface area contributed by atoms with Crippen LogP contribution in [0.25, 0.3) is 11.3 Å². The predicted octanol–water partition coefficient (Wildman–Crippen LogP) is 3.09. The van der Waals surface area contributed by atoms with Crippen molar-refractivity contribution in [3.63, 3.8) is 0 Å². The molecule has 0 amide bonds. The van der Waals surface area contributed by atoms with Crippen LogP contribution in [0.3, 0.4) is 0 Å². The van der Waals surface area contributed by atoms with Gasteiger partial charge >= 0.3 is 0 Å². The fourth-order valence-electron chi connectivity index (χ4n) is 1.60. The van der Waals surface area contributed by atoms with Gasteiger partial charge in [0.25, 0.3) is 5.69 Å². The van der Waals surface area contributed by atoms with E-state index in [1.165, 1.54) is 12.1 Å². The Morgan fingerprint density at radius 1 is 1.32 bits per heavy atom. The molecule has 0 N–H and O–H groups in total. The molecule has 2 aromatic rings. The summed E-state index contributed by atoms with van der Waals surface area (Å²) in [4.78, 5) is 12.7. The molecule has 0 aliphatic carbocycles. The molecule has 0 saturated heterocycles. The molecule has 1 aromatic carbocycles. The molecule has 0 aliphatic heterocycles. The van der Waals surface area contributed by atoms with Crippen molar-refractivity contribution in [2.45, 2.75) is 0 Å². The van der Waals surface area contributed by atoms with E-state index in [2.05, 4.69) is 0 Å². The van der Waals surface area contributed by atoms with Gasteiger partial charge in [0.05, 0.1) is 4.92 Å². The second-order valence-electron chi connectivity index (χ2n) is 4.17. The maximum absolute atomic E-state index is 10.7. The summed E-state index contributed by atoms with van der Waals surface area (Å²) in [7, 11) is 3.66. The Morgan fingerprint density at radius 2 is 2.05 bits per heavy atom. The van der Waals surface area contributed by atoms with E-state index in [4.69, 9.17) is 16.6 Å². The summed E-state index contributed by atoms with van der Waals surface area (Å²) in [6, 6.07) is 9.81. The molecule has 0 atom stereocenters. The largest absolute Gasteiger partial charge is 0.454 e. The third kappa shape index (κ3) is 2.79. The lowest BCUT2D eigenvalue weighted by Gasteiger charge is -2.10. The van der Waals surface area contributed by atoms with E-state index >= 15 is 0 Å². The van der Waals surface area contributed by atoms with Gasteiger partial charge < -0.3 is 9.32 Å².